The molecular weight excluding hydrogens is 232 g/mol. The molecule has 1 saturated heterocycles. The highest BCUT2D eigenvalue weighted by atomic mass is 16.5. The SMILES string of the molecule is COC(=O)CN1C(=O)CCCN1c1ccccc1. The van der Waals surface area contributed by atoms with E-state index in [1.165, 1.54) is 12.1 Å². The normalized spacial score (nSPS) is 15.7. The monoisotopic (exact) mass is 248 g/mol. The molecule has 0 spiro atoms. The van der Waals surface area contributed by atoms with E-state index in [0.717, 1.165) is 18.7 Å². The Bertz CT molecular complexity index is 433. The fraction of sp³-hybridized carbons (Fsp3) is 0.385. The predicted molar refractivity (Wildman–Crippen MR) is 66.8 cm³/mol. The summed E-state index contributed by atoms with van der Waals surface area (Å²) in [6.45, 7) is 0.691. The number of esters is 1. The minimum Gasteiger partial charge on any atom is -0.468 e. The van der Waals surface area contributed by atoms with Gasteiger partial charge in [0.05, 0.1) is 12.8 Å². The number of carbonyl (C=O) groups is 2. The van der Waals surface area contributed by atoms with Crippen molar-refractivity contribution in [1.82, 2.24) is 5.01 Å². The van der Waals surface area contributed by atoms with Crippen molar-refractivity contribution >= 4 is 17.6 Å². The van der Waals surface area contributed by atoms with Gasteiger partial charge in [-0.2, -0.15) is 0 Å². The molecule has 1 aliphatic heterocycles. The molecular formula is C13H16N2O3. The maximum absolute atomic E-state index is 11.9. The van der Waals surface area contributed by atoms with Gasteiger partial charge in [0.25, 0.3) is 0 Å². The van der Waals surface area contributed by atoms with Gasteiger partial charge >= 0.3 is 5.97 Å². The first-order valence-corrected chi connectivity index (χ1v) is 5.92. The molecule has 5 nitrogen and oxygen atoms in total. The van der Waals surface area contributed by atoms with Gasteiger partial charge < -0.3 is 4.74 Å². The minimum atomic E-state index is -0.411. The van der Waals surface area contributed by atoms with E-state index in [9.17, 15) is 9.59 Å². The van der Waals surface area contributed by atoms with Crippen molar-refractivity contribution in [2.24, 2.45) is 0 Å². The number of amides is 1. The lowest BCUT2D eigenvalue weighted by molar-refractivity contribution is -0.148. The number of anilines is 1. The number of hydrogen-bond acceptors (Lipinski definition) is 4. The number of carbonyl (C=O) groups excluding carboxylic acids is 2. The second-order valence-corrected chi connectivity index (χ2v) is 4.09. The number of hydrogen-bond donors (Lipinski definition) is 0. The predicted octanol–water partition coefficient (Wildman–Crippen LogP) is 1.20. The van der Waals surface area contributed by atoms with Crippen LogP contribution in [0, 0.1) is 0 Å². The summed E-state index contributed by atoms with van der Waals surface area (Å²) in [6.07, 6.45) is 1.27. The second kappa shape index (κ2) is 5.53. The quantitative estimate of drug-likeness (QED) is 0.754. The Morgan fingerprint density at radius 3 is 2.72 bits per heavy atom. The molecule has 0 aromatic heterocycles. The van der Waals surface area contributed by atoms with Crippen molar-refractivity contribution in [3.05, 3.63) is 30.3 Å². The van der Waals surface area contributed by atoms with Gasteiger partial charge in [-0.15, -0.1) is 0 Å². The van der Waals surface area contributed by atoms with Gasteiger partial charge in [-0.25, -0.2) is 5.01 Å². The first kappa shape index (κ1) is 12.4. The van der Waals surface area contributed by atoms with E-state index in [1.54, 1.807) is 0 Å². The molecule has 0 bridgehead atoms. The molecule has 2 rings (SSSR count). The molecule has 1 aromatic carbocycles. The second-order valence-electron chi connectivity index (χ2n) is 4.09. The van der Waals surface area contributed by atoms with Gasteiger partial charge in [-0.1, -0.05) is 18.2 Å². The van der Waals surface area contributed by atoms with E-state index in [0.29, 0.717) is 6.42 Å². The molecule has 0 unspecified atom stereocenters. The highest BCUT2D eigenvalue weighted by molar-refractivity contribution is 5.84. The van der Waals surface area contributed by atoms with Crippen LogP contribution in [0.2, 0.25) is 0 Å². The van der Waals surface area contributed by atoms with E-state index in [2.05, 4.69) is 4.74 Å². The molecule has 1 amide bonds. The summed E-state index contributed by atoms with van der Waals surface area (Å²) >= 11 is 0. The summed E-state index contributed by atoms with van der Waals surface area (Å²) in [4.78, 5) is 23.3. The van der Waals surface area contributed by atoms with Crippen LogP contribution in [-0.2, 0) is 14.3 Å². The lowest BCUT2D eigenvalue weighted by atomic mass is 10.2. The van der Waals surface area contributed by atoms with Crippen LogP contribution in [0.4, 0.5) is 5.69 Å². The number of para-hydroxylation sites is 1. The fourth-order valence-corrected chi connectivity index (χ4v) is 1.99. The number of ether oxygens (including phenoxy) is 1. The first-order chi connectivity index (χ1) is 8.72. The lowest BCUT2D eigenvalue weighted by Gasteiger charge is -2.39. The Balaban J connectivity index is 2.20. The van der Waals surface area contributed by atoms with Gasteiger partial charge in [0.15, 0.2) is 0 Å². The Morgan fingerprint density at radius 2 is 2.06 bits per heavy atom. The molecule has 18 heavy (non-hydrogen) atoms. The maximum Gasteiger partial charge on any atom is 0.327 e. The van der Waals surface area contributed by atoms with Crippen LogP contribution in [0.25, 0.3) is 0 Å². The zero-order valence-electron chi connectivity index (χ0n) is 10.3. The number of benzene rings is 1. The fourth-order valence-electron chi connectivity index (χ4n) is 1.99. The van der Waals surface area contributed by atoms with Crippen LogP contribution in [0.1, 0.15) is 12.8 Å². The highest BCUT2D eigenvalue weighted by Gasteiger charge is 2.28. The average Bonchev–Trinajstić information content (AvgIpc) is 2.42. The molecule has 5 heteroatoms. The van der Waals surface area contributed by atoms with Crippen LogP contribution >= 0.6 is 0 Å². The third-order valence-corrected chi connectivity index (χ3v) is 2.90. The van der Waals surface area contributed by atoms with E-state index >= 15 is 0 Å². The minimum absolute atomic E-state index is 0.0375. The van der Waals surface area contributed by atoms with Crippen molar-refractivity contribution in [2.45, 2.75) is 12.8 Å². The molecule has 1 aliphatic rings. The summed E-state index contributed by atoms with van der Waals surface area (Å²) in [5, 5.41) is 3.30. The molecule has 0 atom stereocenters. The van der Waals surface area contributed by atoms with Crippen LogP contribution in [0.3, 0.4) is 0 Å². The zero-order chi connectivity index (χ0) is 13.0. The number of methoxy groups -OCH3 is 1. The lowest BCUT2D eigenvalue weighted by Crippen LogP contribution is -2.52. The molecule has 1 heterocycles. The van der Waals surface area contributed by atoms with Gasteiger partial charge in [-0.05, 0) is 18.6 Å². The summed E-state index contributed by atoms with van der Waals surface area (Å²) in [5.41, 5.74) is 0.912. The average molecular weight is 248 g/mol. The van der Waals surface area contributed by atoms with E-state index < -0.39 is 5.97 Å². The molecule has 1 aromatic rings. The van der Waals surface area contributed by atoms with E-state index in [4.69, 9.17) is 0 Å². The summed E-state index contributed by atoms with van der Waals surface area (Å²) in [7, 11) is 1.32. The molecule has 96 valence electrons. The van der Waals surface area contributed by atoms with Crippen LogP contribution in [0.5, 0.6) is 0 Å². The highest BCUT2D eigenvalue weighted by Crippen LogP contribution is 2.21. The zero-order valence-corrected chi connectivity index (χ0v) is 10.3. The molecule has 0 N–H and O–H groups in total. The largest absolute Gasteiger partial charge is 0.468 e. The summed E-state index contributed by atoms with van der Waals surface area (Å²) in [6, 6.07) is 9.57. The third kappa shape index (κ3) is 2.61. The summed E-state index contributed by atoms with van der Waals surface area (Å²) in [5.74, 6) is -0.457. The van der Waals surface area contributed by atoms with Crippen LogP contribution < -0.4 is 5.01 Å². The number of nitrogens with zero attached hydrogens (tertiary/aromatic N) is 2. The van der Waals surface area contributed by atoms with Gasteiger partial charge in [-0.3, -0.25) is 14.6 Å². The van der Waals surface area contributed by atoms with Gasteiger partial charge in [0.2, 0.25) is 5.91 Å². The van der Waals surface area contributed by atoms with E-state index in [-0.39, 0.29) is 12.5 Å². The molecule has 0 radical (unpaired) electrons. The van der Waals surface area contributed by atoms with Crippen molar-refractivity contribution in [1.29, 1.82) is 0 Å². The maximum atomic E-state index is 11.9. The summed E-state index contributed by atoms with van der Waals surface area (Å²) < 4.78 is 4.63. The van der Waals surface area contributed by atoms with Crippen molar-refractivity contribution in [3.63, 3.8) is 0 Å². The first-order valence-electron chi connectivity index (χ1n) is 5.92. The topological polar surface area (TPSA) is 49.9 Å². The third-order valence-electron chi connectivity index (χ3n) is 2.90. The van der Waals surface area contributed by atoms with Crippen molar-refractivity contribution < 1.29 is 14.3 Å². The van der Waals surface area contributed by atoms with Gasteiger partial charge in [0, 0.05) is 13.0 Å². The van der Waals surface area contributed by atoms with E-state index in [1.807, 2.05) is 35.3 Å². The Kier molecular flexibility index (Phi) is 3.82. The van der Waals surface area contributed by atoms with Crippen LogP contribution in [-0.4, -0.2) is 37.1 Å². The standard InChI is InChI=1S/C13H16N2O3/c1-18-13(17)10-15-12(16)8-5-9-14(15)11-6-3-2-4-7-11/h2-4,6-7H,5,8-10H2,1H3. The van der Waals surface area contributed by atoms with Crippen molar-refractivity contribution in [2.75, 3.05) is 25.2 Å². The number of rotatable bonds is 3. The molecule has 0 aliphatic carbocycles. The smallest absolute Gasteiger partial charge is 0.327 e. The van der Waals surface area contributed by atoms with Gasteiger partial charge in [0.1, 0.15) is 6.54 Å². The molecule has 0 saturated carbocycles. The van der Waals surface area contributed by atoms with Crippen molar-refractivity contribution in [3.8, 4) is 0 Å². The Hall–Kier alpha value is -2.04. The Morgan fingerprint density at radius 1 is 1.33 bits per heavy atom. The van der Waals surface area contributed by atoms with Crippen LogP contribution in [0.15, 0.2) is 30.3 Å². The Labute approximate surface area is 106 Å². The molecule has 1 fully saturated rings. The number of hydrazine groups is 1.